The lowest BCUT2D eigenvalue weighted by Crippen LogP contribution is -2.22. The maximum atomic E-state index is 12.6. The molecule has 1 N–H and O–H groups in total. The standard InChI is InChI=1S/C23H21N7O3S/c1-2-30-21(14-5-7-24-8-6-14)28-29-23(30)34-13-20(32)27-22-25-12-16-17(26-22)10-15(11-18(16)31)19-4-3-9-33-19/h3-9,12,15H,2,10-11,13H2,1H3,(H,25,26,27,32). The highest BCUT2D eigenvalue weighted by Gasteiger charge is 2.29. The molecule has 10 nitrogen and oxygen atoms in total. The van der Waals surface area contributed by atoms with Gasteiger partial charge in [-0.2, -0.15) is 0 Å². The summed E-state index contributed by atoms with van der Waals surface area (Å²) in [6.45, 7) is 2.66. The van der Waals surface area contributed by atoms with Crippen molar-refractivity contribution in [2.75, 3.05) is 11.1 Å². The van der Waals surface area contributed by atoms with Crippen molar-refractivity contribution in [2.45, 2.75) is 37.4 Å². The topological polar surface area (TPSA) is 129 Å². The summed E-state index contributed by atoms with van der Waals surface area (Å²) in [5, 5.41) is 11.9. The first-order valence-corrected chi connectivity index (χ1v) is 11.8. The number of aromatic nitrogens is 6. The first kappa shape index (κ1) is 22.0. The number of nitrogens with one attached hydrogen (secondary N) is 1. The van der Waals surface area contributed by atoms with Crippen molar-refractivity contribution < 1.29 is 14.0 Å². The Kier molecular flexibility index (Phi) is 6.17. The van der Waals surface area contributed by atoms with Gasteiger partial charge in [-0.1, -0.05) is 11.8 Å². The summed E-state index contributed by atoms with van der Waals surface area (Å²) in [6.07, 6.45) is 7.39. The molecule has 34 heavy (non-hydrogen) atoms. The minimum absolute atomic E-state index is 0.0278. The second-order valence-electron chi connectivity index (χ2n) is 7.72. The highest BCUT2D eigenvalue weighted by molar-refractivity contribution is 7.99. The molecule has 1 atom stereocenters. The van der Waals surface area contributed by atoms with Gasteiger partial charge in [-0.25, -0.2) is 9.97 Å². The van der Waals surface area contributed by atoms with E-state index in [1.807, 2.05) is 29.7 Å². The Bertz CT molecular complexity index is 1320. The van der Waals surface area contributed by atoms with Crippen LogP contribution in [0, 0.1) is 0 Å². The SMILES string of the molecule is CCn1c(SCC(=O)Nc2ncc3c(n2)CC(c2ccco2)CC3=O)nnc1-c1ccncc1. The van der Waals surface area contributed by atoms with Crippen LogP contribution in [0.4, 0.5) is 5.95 Å². The number of hydrogen-bond donors (Lipinski definition) is 1. The molecule has 4 aromatic heterocycles. The molecule has 0 aliphatic heterocycles. The number of nitrogens with zero attached hydrogens (tertiary/aromatic N) is 6. The first-order valence-electron chi connectivity index (χ1n) is 10.8. The minimum Gasteiger partial charge on any atom is -0.469 e. The molecule has 0 aromatic carbocycles. The first-order chi connectivity index (χ1) is 16.6. The molecule has 0 saturated heterocycles. The number of carbonyl (C=O) groups excluding carboxylic acids is 2. The molecule has 4 aromatic rings. The Morgan fingerprint density at radius 1 is 1.24 bits per heavy atom. The van der Waals surface area contributed by atoms with Crippen molar-refractivity contribution in [1.29, 1.82) is 0 Å². The number of Topliss-reactive ketones (excluding diaryl/α,β-unsaturated/α-hetero) is 1. The molecule has 1 amide bonds. The van der Waals surface area contributed by atoms with E-state index in [0.29, 0.717) is 35.8 Å². The van der Waals surface area contributed by atoms with E-state index in [9.17, 15) is 9.59 Å². The molecule has 0 saturated carbocycles. The van der Waals surface area contributed by atoms with E-state index in [4.69, 9.17) is 4.42 Å². The Balaban J connectivity index is 1.25. The predicted octanol–water partition coefficient (Wildman–Crippen LogP) is 3.39. The highest BCUT2D eigenvalue weighted by Crippen LogP contribution is 2.32. The average molecular weight is 476 g/mol. The number of thioether (sulfide) groups is 1. The number of furan rings is 1. The third-order valence-electron chi connectivity index (χ3n) is 5.54. The molecular formula is C23H21N7O3S. The summed E-state index contributed by atoms with van der Waals surface area (Å²) in [6, 6.07) is 7.40. The van der Waals surface area contributed by atoms with Gasteiger partial charge in [-0.15, -0.1) is 10.2 Å². The van der Waals surface area contributed by atoms with Gasteiger partial charge in [0.25, 0.3) is 0 Å². The summed E-state index contributed by atoms with van der Waals surface area (Å²) in [4.78, 5) is 37.7. The van der Waals surface area contributed by atoms with Crippen LogP contribution in [0.3, 0.4) is 0 Å². The Morgan fingerprint density at radius 2 is 2.09 bits per heavy atom. The second-order valence-corrected chi connectivity index (χ2v) is 8.66. The summed E-state index contributed by atoms with van der Waals surface area (Å²) in [5.74, 6) is 1.40. The quantitative estimate of drug-likeness (QED) is 0.400. The van der Waals surface area contributed by atoms with Crippen LogP contribution in [0.2, 0.25) is 0 Å². The van der Waals surface area contributed by atoms with E-state index >= 15 is 0 Å². The molecule has 0 fully saturated rings. The lowest BCUT2D eigenvalue weighted by atomic mass is 9.85. The van der Waals surface area contributed by atoms with Crippen LogP contribution in [-0.4, -0.2) is 47.2 Å². The van der Waals surface area contributed by atoms with Crippen LogP contribution in [-0.2, 0) is 17.8 Å². The number of carbonyl (C=O) groups is 2. The molecule has 1 unspecified atom stereocenters. The van der Waals surface area contributed by atoms with Gasteiger partial charge < -0.3 is 8.98 Å². The lowest BCUT2D eigenvalue weighted by Gasteiger charge is -2.21. The maximum Gasteiger partial charge on any atom is 0.237 e. The van der Waals surface area contributed by atoms with Crippen LogP contribution < -0.4 is 5.32 Å². The summed E-state index contributed by atoms with van der Waals surface area (Å²) in [5.41, 5.74) is 2.02. The van der Waals surface area contributed by atoms with Crippen LogP contribution in [0.5, 0.6) is 0 Å². The number of hydrogen-bond acceptors (Lipinski definition) is 9. The van der Waals surface area contributed by atoms with Gasteiger partial charge in [-0.3, -0.25) is 19.9 Å². The number of anilines is 1. The molecule has 5 rings (SSSR count). The van der Waals surface area contributed by atoms with Crippen molar-refractivity contribution in [3.8, 4) is 11.4 Å². The van der Waals surface area contributed by atoms with Crippen LogP contribution in [0.1, 0.15) is 41.1 Å². The van der Waals surface area contributed by atoms with Gasteiger partial charge in [0.15, 0.2) is 16.8 Å². The monoisotopic (exact) mass is 475 g/mol. The number of pyridine rings is 1. The molecule has 0 spiro atoms. The third-order valence-corrected chi connectivity index (χ3v) is 6.51. The molecule has 1 aliphatic rings. The minimum atomic E-state index is -0.272. The van der Waals surface area contributed by atoms with Crippen molar-refractivity contribution in [3.05, 3.63) is 66.1 Å². The number of amides is 1. The van der Waals surface area contributed by atoms with E-state index < -0.39 is 0 Å². The maximum absolute atomic E-state index is 12.6. The highest BCUT2D eigenvalue weighted by atomic mass is 32.2. The zero-order valence-corrected chi connectivity index (χ0v) is 19.2. The molecule has 4 heterocycles. The zero-order valence-electron chi connectivity index (χ0n) is 18.3. The van der Waals surface area contributed by atoms with Crippen LogP contribution >= 0.6 is 11.8 Å². The van der Waals surface area contributed by atoms with Gasteiger partial charge in [0.1, 0.15) is 5.76 Å². The van der Waals surface area contributed by atoms with Gasteiger partial charge in [0, 0.05) is 49.5 Å². The van der Waals surface area contributed by atoms with Crippen molar-refractivity contribution in [2.24, 2.45) is 0 Å². The zero-order chi connectivity index (χ0) is 23.5. The third kappa shape index (κ3) is 4.46. The van der Waals surface area contributed by atoms with Gasteiger partial charge in [-0.05, 0) is 31.2 Å². The number of ketones is 1. The molecule has 1 aliphatic carbocycles. The normalized spacial score (nSPS) is 15.2. The van der Waals surface area contributed by atoms with Crippen molar-refractivity contribution >= 4 is 29.4 Å². The number of rotatable bonds is 7. The molecular weight excluding hydrogens is 454 g/mol. The Labute approximate surface area is 199 Å². The Morgan fingerprint density at radius 3 is 2.85 bits per heavy atom. The van der Waals surface area contributed by atoms with E-state index in [2.05, 4.69) is 30.5 Å². The number of fused-ring (bicyclic) bond motifs is 1. The molecule has 0 bridgehead atoms. The molecule has 11 heteroatoms. The molecule has 0 radical (unpaired) electrons. The summed E-state index contributed by atoms with van der Waals surface area (Å²) >= 11 is 1.28. The van der Waals surface area contributed by atoms with Gasteiger partial charge in [0.2, 0.25) is 11.9 Å². The van der Waals surface area contributed by atoms with Gasteiger partial charge in [0.05, 0.1) is 23.3 Å². The Hall–Kier alpha value is -3.86. The average Bonchev–Trinajstić information content (AvgIpc) is 3.53. The van der Waals surface area contributed by atoms with Gasteiger partial charge >= 0.3 is 0 Å². The predicted molar refractivity (Wildman–Crippen MR) is 124 cm³/mol. The second kappa shape index (κ2) is 9.56. The van der Waals surface area contributed by atoms with Crippen molar-refractivity contribution in [3.63, 3.8) is 0 Å². The van der Waals surface area contributed by atoms with Crippen LogP contribution in [0.25, 0.3) is 11.4 Å². The smallest absolute Gasteiger partial charge is 0.237 e. The largest absolute Gasteiger partial charge is 0.469 e. The van der Waals surface area contributed by atoms with Crippen LogP contribution in [0.15, 0.2) is 58.7 Å². The lowest BCUT2D eigenvalue weighted by molar-refractivity contribution is -0.113. The van der Waals surface area contributed by atoms with E-state index in [0.717, 1.165) is 17.1 Å². The fourth-order valence-corrected chi connectivity index (χ4v) is 4.72. The van der Waals surface area contributed by atoms with E-state index in [1.54, 1.807) is 24.7 Å². The fourth-order valence-electron chi connectivity index (χ4n) is 3.92. The van der Waals surface area contributed by atoms with Crippen molar-refractivity contribution in [1.82, 2.24) is 29.7 Å². The summed E-state index contributed by atoms with van der Waals surface area (Å²) in [7, 11) is 0. The fraction of sp³-hybridized carbons (Fsp3) is 0.261. The van der Waals surface area contributed by atoms with E-state index in [-0.39, 0.29) is 29.3 Å². The molecule has 172 valence electrons. The van der Waals surface area contributed by atoms with E-state index in [1.165, 1.54) is 18.0 Å². The summed E-state index contributed by atoms with van der Waals surface area (Å²) < 4.78 is 7.42.